The van der Waals surface area contributed by atoms with E-state index in [1.54, 1.807) is 39.0 Å². The molecule has 0 saturated heterocycles. The van der Waals surface area contributed by atoms with E-state index in [0.717, 1.165) is 9.95 Å². The zero-order valence-corrected chi connectivity index (χ0v) is 10.6. The van der Waals surface area contributed by atoms with Crippen molar-refractivity contribution >= 4 is 16.9 Å². The molecule has 0 bridgehead atoms. The van der Waals surface area contributed by atoms with Gasteiger partial charge in [0.15, 0.2) is 0 Å². The number of aromatic nitrogens is 1. The first kappa shape index (κ1) is 12.4. The Hall–Kier alpha value is -2.10. The summed E-state index contributed by atoms with van der Waals surface area (Å²) in [5.41, 5.74) is -0.982. The highest BCUT2D eigenvalue weighted by molar-refractivity contribution is 5.84. The molecular weight excluding hydrogens is 230 g/mol. The van der Waals surface area contributed by atoms with E-state index >= 15 is 0 Å². The summed E-state index contributed by atoms with van der Waals surface area (Å²) in [6.45, 7) is 5.28. The first-order valence-corrected chi connectivity index (χ1v) is 5.72. The van der Waals surface area contributed by atoms with E-state index in [9.17, 15) is 9.59 Å². The average molecular weight is 245 g/mol. The third-order valence-corrected chi connectivity index (χ3v) is 2.40. The van der Waals surface area contributed by atoms with Crippen molar-refractivity contribution in [1.29, 1.82) is 0 Å². The van der Waals surface area contributed by atoms with E-state index in [4.69, 9.17) is 4.74 Å². The van der Waals surface area contributed by atoms with Gasteiger partial charge in [-0.1, -0.05) is 18.2 Å². The Balaban J connectivity index is 2.50. The van der Waals surface area contributed by atoms with Crippen molar-refractivity contribution in [2.75, 3.05) is 0 Å². The molecule has 0 aliphatic carbocycles. The standard InChI is InChI=1S/C14H15NO3/c1-14(2,3)18-13(17)15-9-8-10-6-4-5-7-11(10)12(15)16/h4-9H,1-3H3. The van der Waals surface area contributed by atoms with Gasteiger partial charge in [-0.05, 0) is 38.3 Å². The largest absolute Gasteiger partial charge is 0.443 e. The average Bonchev–Trinajstić information content (AvgIpc) is 2.27. The molecule has 0 fully saturated rings. The van der Waals surface area contributed by atoms with Crippen LogP contribution in [0.4, 0.5) is 4.79 Å². The quantitative estimate of drug-likeness (QED) is 0.717. The lowest BCUT2D eigenvalue weighted by Gasteiger charge is -2.19. The van der Waals surface area contributed by atoms with Gasteiger partial charge < -0.3 is 4.74 Å². The van der Waals surface area contributed by atoms with Crippen molar-refractivity contribution in [1.82, 2.24) is 4.57 Å². The number of pyridine rings is 1. The van der Waals surface area contributed by atoms with Crippen LogP contribution in [0.1, 0.15) is 20.8 Å². The lowest BCUT2D eigenvalue weighted by molar-refractivity contribution is 0.0531. The predicted octanol–water partition coefficient (Wildman–Crippen LogP) is 2.78. The molecular formula is C14H15NO3. The Bertz CT molecular complexity index is 650. The summed E-state index contributed by atoms with van der Waals surface area (Å²) < 4.78 is 6.17. The maximum atomic E-state index is 12.1. The molecule has 1 heterocycles. The van der Waals surface area contributed by atoms with Gasteiger partial charge >= 0.3 is 6.09 Å². The van der Waals surface area contributed by atoms with Gasteiger partial charge in [-0.15, -0.1) is 0 Å². The second kappa shape index (κ2) is 4.29. The Morgan fingerprint density at radius 3 is 2.50 bits per heavy atom. The molecule has 0 atom stereocenters. The molecule has 94 valence electrons. The van der Waals surface area contributed by atoms with E-state index in [1.807, 2.05) is 12.1 Å². The summed E-state index contributed by atoms with van der Waals surface area (Å²) in [7, 11) is 0. The molecule has 0 saturated carbocycles. The van der Waals surface area contributed by atoms with Crippen molar-refractivity contribution in [3.63, 3.8) is 0 Å². The van der Waals surface area contributed by atoms with Crippen LogP contribution < -0.4 is 5.56 Å². The van der Waals surface area contributed by atoms with E-state index in [2.05, 4.69) is 0 Å². The van der Waals surface area contributed by atoms with Crippen molar-refractivity contribution in [3.05, 3.63) is 46.9 Å². The highest BCUT2D eigenvalue weighted by atomic mass is 16.6. The summed E-state index contributed by atoms with van der Waals surface area (Å²) in [6, 6.07) is 8.86. The van der Waals surface area contributed by atoms with Crippen molar-refractivity contribution < 1.29 is 9.53 Å². The number of rotatable bonds is 0. The molecule has 0 amide bonds. The molecule has 1 aromatic carbocycles. The molecule has 18 heavy (non-hydrogen) atoms. The monoisotopic (exact) mass is 245 g/mol. The van der Waals surface area contributed by atoms with Crippen molar-refractivity contribution in [2.24, 2.45) is 0 Å². The van der Waals surface area contributed by atoms with E-state index in [-0.39, 0.29) is 5.56 Å². The maximum absolute atomic E-state index is 12.1. The lowest BCUT2D eigenvalue weighted by atomic mass is 10.2. The van der Waals surface area contributed by atoms with Gasteiger partial charge in [0.25, 0.3) is 5.56 Å². The van der Waals surface area contributed by atoms with Crippen LogP contribution in [0.5, 0.6) is 0 Å². The van der Waals surface area contributed by atoms with Crippen LogP contribution in [0.3, 0.4) is 0 Å². The molecule has 4 heteroatoms. The van der Waals surface area contributed by atoms with Crippen LogP contribution in [0.15, 0.2) is 41.3 Å². The van der Waals surface area contributed by atoms with E-state index in [1.165, 1.54) is 6.20 Å². The van der Waals surface area contributed by atoms with Gasteiger partial charge in [0.2, 0.25) is 0 Å². The van der Waals surface area contributed by atoms with Crippen LogP contribution in [-0.2, 0) is 4.74 Å². The number of ether oxygens (including phenoxy) is 1. The summed E-state index contributed by atoms with van der Waals surface area (Å²) in [6.07, 6.45) is 0.789. The maximum Gasteiger partial charge on any atom is 0.421 e. The fourth-order valence-electron chi connectivity index (χ4n) is 1.64. The SMILES string of the molecule is CC(C)(C)OC(=O)n1ccc2ccccc2c1=O. The Morgan fingerprint density at radius 1 is 1.17 bits per heavy atom. The molecule has 0 spiro atoms. The van der Waals surface area contributed by atoms with Gasteiger partial charge in [-0.25, -0.2) is 9.36 Å². The molecule has 0 aliphatic heterocycles. The normalized spacial score (nSPS) is 11.5. The van der Waals surface area contributed by atoms with Crippen LogP contribution >= 0.6 is 0 Å². The Morgan fingerprint density at radius 2 is 1.83 bits per heavy atom. The molecule has 2 rings (SSSR count). The number of fused-ring (bicyclic) bond motifs is 1. The van der Waals surface area contributed by atoms with E-state index in [0.29, 0.717) is 5.39 Å². The topological polar surface area (TPSA) is 48.3 Å². The highest BCUT2D eigenvalue weighted by Gasteiger charge is 2.19. The zero-order chi connectivity index (χ0) is 13.3. The zero-order valence-electron chi connectivity index (χ0n) is 10.6. The summed E-state index contributed by atoms with van der Waals surface area (Å²) in [5, 5.41) is 1.31. The molecule has 2 aromatic rings. The van der Waals surface area contributed by atoms with Crippen LogP contribution in [-0.4, -0.2) is 16.3 Å². The molecule has 4 nitrogen and oxygen atoms in total. The summed E-state index contributed by atoms with van der Waals surface area (Å²) in [4.78, 5) is 24.0. The molecule has 0 N–H and O–H groups in total. The number of carbonyl (C=O) groups excluding carboxylic acids is 1. The highest BCUT2D eigenvalue weighted by Crippen LogP contribution is 2.11. The number of benzene rings is 1. The van der Waals surface area contributed by atoms with Gasteiger partial charge in [0.1, 0.15) is 5.60 Å². The summed E-state index contributed by atoms with van der Waals surface area (Å²) in [5.74, 6) is 0. The summed E-state index contributed by atoms with van der Waals surface area (Å²) >= 11 is 0. The molecule has 0 radical (unpaired) electrons. The number of nitrogens with zero attached hydrogens (tertiary/aromatic N) is 1. The molecule has 0 unspecified atom stereocenters. The van der Waals surface area contributed by atoms with Gasteiger partial charge in [-0.2, -0.15) is 0 Å². The van der Waals surface area contributed by atoms with Crippen LogP contribution in [0, 0.1) is 0 Å². The Labute approximate surface area is 105 Å². The minimum atomic E-state index is -0.654. The fraction of sp³-hybridized carbons (Fsp3) is 0.286. The van der Waals surface area contributed by atoms with Crippen molar-refractivity contribution in [3.8, 4) is 0 Å². The number of carbonyl (C=O) groups is 1. The third kappa shape index (κ3) is 2.42. The second-order valence-electron chi connectivity index (χ2n) is 5.06. The van der Waals surface area contributed by atoms with Gasteiger partial charge in [-0.3, -0.25) is 4.79 Å². The fourth-order valence-corrected chi connectivity index (χ4v) is 1.64. The van der Waals surface area contributed by atoms with Gasteiger partial charge in [0.05, 0.1) is 0 Å². The first-order valence-electron chi connectivity index (χ1n) is 5.72. The molecule has 0 aliphatic rings. The first-order chi connectivity index (χ1) is 8.38. The second-order valence-corrected chi connectivity index (χ2v) is 5.06. The van der Waals surface area contributed by atoms with Crippen molar-refractivity contribution in [2.45, 2.75) is 26.4 Å². The van der Waals surface area contributed by atoms with Crippen LogP contribution in [0.25, 0.3) is 10.8 Å². The Kier molecular flexibility index (Phi) is 2.95. The smallest absolute Gasteiger partial charge is 0.421 e. The molecule has 1 aromatic heterocycles. The van der Waals surface area contributed by atoms with Crippen LogP contribution in [0.2, 0.25) is 0 Å². The number of hydrogen-bond donors (Lipinski definition) is 0. The minimum absolute atomic E-state index is 0.359. The third-order valence-electron chi connectivity index (χ3n) is 2.40. The number of hydrogen-bond acceptors (Lipinski definition) is 3. The lowest BCUT2D eigenvalue weighted by Crippen LogP contribution is -2.33. The van der Waals surface area contributed by atoms with Gasteiger partial charge in [0, 0.05) is 11.6 Å². The minimum Gasteiger partial charge on any atom is -0.443 e. The van der Waals surface area contributed by atoms with E-state index < -0.39 is 11.7 Å². The predicted molar refractivity (Wildman–Crippen MR) is 69.8 cm³/mol.